The number of ether oxygens (including phenoxy) is 1. The van der Waals surface area contributed by atoms with Crippen molar-refractivity contribution in [2.24, 2.45) is 0 Å². The van der Waals surface area contributed by atoms with Crippen LogP contribution in [-0.4, -0.2) is 11.9 Å². The van der Waals surface area contributed by atoms with Crippen LogP contribution in [0.1, 0.15) is 13.3 Å². The Labute approximate surface area is 60.3 Å². The summed E-state index contributed by atoms with van der Waals surface area (Å²) in [4.78, 5) is 9.97. The molecule has 0 heterocycles. The maximum atomic E-state index is 9.97. The highest BCUT2D eigenvalue weighted by atomic mass is 32.1. The molecule has 0 unspecified atom stereocenters. The van der Waals surface area contributed by atoms with E-state index < -0.39 is 5.30 Å². The van der Waals surface area contributed by atoms with Crippen LogP contribution in [0.4, 0.5) is 4.79 Å². The molecular weight excluding hydrogens is 136 g/mol. The van der Waals surface area contributed by atoms with Crippen molar-refractivity contribution in [2.45, 2.75) is 13.3 Å². The third kappa shape index (κ3) is 7.43. The molecule has 0 aliphatic heterocycles. The Bertz CT molecular complexity index is 110. The van der Waals surface area contributed by atoms with E-state index in [0.717, 1.165) is 6.42 Å². The molecule has 0 amide bonds. The topological polar surface area (TPSA) is 26.3 Å². The van der Waals surface area contributed by atoms with Gasteiger partial charge in [0.1, 0.15) is 6.61 Å². The molecule has 51 valence electrons. The van der Waals surface area contributed by atoms with E-state index in [-0.39, 0.29) is 0 Å². The fourth-order valence-corrected chi connectivity index (χ4v) is 0.419. The Morgan fingerprint density at radius 2 is 2.33 bits per heavy atom. The second kappa shape index (κ2) is 5.56. The van der Waals surface area contributed by atoms with Gasteiger partial charge in [0.05, 0.1) is 0 Å². The summed E-state index contributed by atoms with van der Waals surface area (Å²) in [7, 11) is 0. The first-order chi connectivity index (χ1) is 4.27. The lowest BCUT2D eigenvalue weighted by atomic mass is 10.4. The highest BCUT2D eigenvalue weighted by molar-refractivity contribution is 7.96. The molecule has 0 aromatic heterocycles. The first-order valence-corrected chi connectivity index (χ1v) is 3.17. The van der Waals surface area contributed by atoms with Crippen molar-refractivity contribution in [1.82, 2.24) is 0 Å². The van der Waals surface area contributed by atoms with E-state index in [9.17, 15) is 4.79 Å². The smallest absolute Gasteiger partial charge is 0.400 e. The first kappa shape index (κ1) is 8.43. The van der Waals surface area contributed by atoms with Gasteiger partial charge in [0, 0.05) is 12.6 Å². The Morgan fingerprint density at radius 1 is 1.67 bits per heavy atom. The minimum absolute atomic E-state index is 0.302. The van der Waals surface area contributed by atoms with Gasteiger partial charge >= 0.3 is 5.30 Å². The van der Waals surface area contributed by atoms with Gasteiger partial charge in [0.2, 0.25) is 0 Å². The standard InChI is InChI=1S/C6H9O2S/c1-2-3-4-5-8-6(7)9/h3-4H,2,5H2,1H3/b4-3+. The average molecular weight is 145 g/mol. The lowest BCUT2D eigenvalue weighted by Crippen LogP contribution is -1.91. The van der Waals surface area contributed by atoms with Crippen molar-refractivity contribution in [3.63, 3.8) is 0 Å². The minimum atomic E-state index is -0.643. The zero-order valence-electron chi connectivity index (χ0n) is 5.29. The molecule has 0 aromatic carbocycles. The fraction of sp³-hybridized carbons (Fsp3) is 0.500. The molecule has 0 N–H and O–H groups in total. The van der Waals surface area contributed by atoms with Gasteiger partial charge in [-0.3, -0.25) is 0 Å². The number of hydrogen-bond acceptors (Lipinski definition) is 2. The van der Waals surface area contributed by atoms with Crippen LogP contribution in [0.3, 0.4) is 0 Å². The summed E-state index contributed by atoms with van der Waals surface area (Å²) in [6.07, 6.45) is 4.64. The quantitative estimate of drug-likeness (QED) is 0.450. The predicted molar refractivity (Wildman–Crippen MR) is 38.4 cm³/mol. The van der Waals surface area contributed by atoms with E-state index in [1.54, 1.807) is 6.08 Å². The molecule has 0 aromatic rings. The maximum absolute atomic E-state index is 9.97. The molecule has 0 spiro atoms. The van der Waals surface area contributed by atoms with Crippen LogP contribution in [0.2, 0.25) is 0 Å². The summed E-state index contributed by atoms with van der Waals surface area (Å²) in [5, 5.41) is -0.643. The number of carbonyl (C=O) groups excluding carboxylic acids is 1. The van der Waals surface area contributed by atoms with Crippen LogP contribution >= 0.6 is 12.6 Å². The monoisotopic (exact) mass is 145 g/mol. The van der Waals surface area contributed by atoms with Gasteiger partial charge in [-0.25, -0.2) is 4.79 Å². The summed E-state index contributed by atoms with van der Waals surface area (Å²) in [6.45, 7) is 2.31. The summed E-state index contributed by atoms with van der Waals surface area (Å²) in [6, 6.07) is 0. The molecule has 0 saturated heterocycles. The molecule has 0 atom stereocenters. The normalized spacial score (nSPS) is 9.89. The van der Waals surface area contributed by atoms with Gasteiger partial charge in [0.15, 0.2) is 0 Å². The van der Waals surface area contributed by atoms with Gasteiger partial charge < -0.3 is 4.74 Å². The van der Waals surface area contributed by atoms with Crippen LogP contribution in [0.5, 0.6) is 0 Å². The number of hydrogen-bond donors (Lipinski definition) is 0. The molecule has 1 radical (unpaired) electrons. The Balaban J connectivity index is 3.09. The lowest BCUT2D eigenvalue weighted by Gasteiger charge is -1.90. The molecule has 3 heteroatoms. The van der Waals surface area contributed by atoms with Crippen LogP contribution in [0.15, 0.2) is 12.2 Å². The first-order valence-electron chi connectivity index (χ1n) is 2.76. The zero-order valence-corrected chi connectivity index (χ0v) is 6.11. The summed E-state index contributed by atoms with van der Waals surface area (Å²) in [5.74, 6) is 0. The van der Waals surface area contributed by atoms with E-state index in [0.29, 0.717) is 6.61 Å². The molecule has 0 saturated carbocycles. The summed E-state index contributed by atoms with van der Waals surface area (Å²) >= 11 is 4.13. The molecule has 2 nitrogen and oxygen atoms in total. The third-order valence-corrected chi connectivity index (χ3v) is 0.818. The minimum Gasteiger partial charge on any atom is -0.450 e. The maximum Gasteiger partial charge on any atom is 0.400 e. The molecule has 0 bridgehead atoms. The fourth-order valence-electron chi connectivity index (χ4n) is 0.351. The van der Waals surface area contributed by atoms with Gasteiger partial charge in [-0.15, -0.1) is 0 Å². The van der Waals surface area contributed by atoms with Gasteiger partial charge in [-0.2, -0.15) is 0 Å². The molecule has 0 fully saturated rings. The average Bonchev–Trinajstić information content (AvgIpc) is 1.80. The Hall–Kier alpha value is -0.570. The SMILES string of the molecule is CC/C=C/COC(=O)[S]. The van der Waals surface area contributed by atoms with Crippen LogP contribution < -0.4 is 0 Å². The summed E-state index contributed by atoms with van der Waals surface area (Å²) < 4.78 is 4.43. The van der Waals surface area contributed by atoms with Crippen LogP contribution in [0, 0.1) is 0 Å². The molecule has 9 heavy (non-hydrogen) atoms. The van der Waals surface area contributed by atoms with Crippen molar-refractivity contribution in [3.05, 3.63) is 12.2 Å². The Kier molecular flexibility index (Phi) is 5.21. The molecule has 0 aliphatic rings. The Morgan fingerprint density at radius 3 is 2.78 bits per heavy atom. The lowest BCUT2D eigenvalue weighted by molar-refractivity contribution is 0.188. The zero-order chi connectivity index (χ0) is 7.11. The highest BCUT2D eigenvalue weighted by Gasteiger charge is 1.88. The largest absolute Gasteiger partial charge is 0.450 e. The predicted octanol–water partition coefficient (Wildman–Crippen LogP) is 2.29. The van der Waals surface area contributed by atoms with E-state index in [1.165, 1.54) is 0 Å². The van der Waals surface area contributed by atoms with Crippen molar-refractivity contribution >= 4 is 17.9 Å². The van der Waals surface area contributed by atoms with E-state index >= 15 is 0 Å². The van der Waals surface area contributed by atoms with E-state index in [1.807, 2.05) is 13.0 Å². The van der Waals surface area contributed by atoms with E-state index in [2.05, 4.69) is 17.4 Å². The highest BCUT2D eigenvalue weighted by Crippen LogP contribution is 1.86. The van der Waals surface area contributed by atoms with Crippen molar-refractivity contribution in [1.29, 1.82) is 0 Å². The van der Waals surface area contributed by atoms with Gasteiger partial charge in [-0.1, -0.05) is 19.1 Å². The second-order valence-electron chi connectivity index (χ2n) is 1.44. The van der Waals surface area contributed by atoms with Crippen LogP contribution in [0.25, 0.3) is 0 Å². The van der Waals surface area contributed by atoms with Crippen molar-refractivity contribution < 1.29 is 9.53 Å². The molecule has 0 rings (SSSR count). The van der Waals surface area contributed by atoms with Crippen LogP contribution in [-0.2, 0) is 4.74 Å². The van der Waals surface area contributed by atoms with Gasteiger partial charge in [-0.05, 0) is 6.42 Å². The third-order valence-electron chi connectivity index (χ3n) is 0.700. The van der Waals surface area contributed by atoms with Crippen molar-refractivity contribution in [3.8, 4) is 0 Å². The molecule has 0 aliphatic carbocycles. The number of rotatable bonds is 3. The van der Waals surface area contributed by atoms with Crippen molar-refractivity contribution in [2.75, 3.05) is 6.61 Å². The second-order valence-corrected chi connectivity index (χ2v) is 1.77. The number of carbonyl (C=O) groups is 1. The molecular formula is C6H9O2S. The van der Waals surface area contributed by atoms with Gasteiger partial charge in [0.25, 0.3) is 0 Å². The summed E-state index contributed by atoms with van der Waals surface area (Å²) in [5.41, 5.74) is 0. The number of allylic oxidation sites excluding steroid dienone is 1. The van der Waals surface area contributed by atoms with E-state index in [4.69, 9.17) is 0 Å².